The summed E-state index contributed by atoms with van der Waals surface area (Å²) in [5.74, 6) is 0.440. The van der Waals surface area contributed by atoms with Crippen LogP contribution < -0.4 is 5.32 Å². The zero-order chi connectivity index (χ0) is 12.9. The van der Waals surface area contributed by atoms with E-state index in [9.17, 15) is 9.59 Å². The molecule has 1 fully saturated rings. The van der Waals surface area contributed by atoms with Crippen LogP contribution in [0.1, 0.15) is 33.6 Å². The van der Waals surface area contributed by atoms with Crippen molar-refractivity contribution in [2.24, 2.45) is 5.92 Å². The smallest absolute Gasteiger partial charge is 0.407 e. The number of aldehydes is 1. The van der Waals surface area contributed by atoms with Crippen LogP contribution in [-0.4, -0.2) is 37.2 Å². The number of rotatable bonds is 5. The number of amides is 1. The Bertz CT molecular complexity index is 266. The average Bonchev–Trinajstić information content (AvgIpc) is 2.10. The summed E-state index contributed by atoms with van der Waals surface area (Å²) in [4.78, 5) is 21.5. The lowest BCUT2D eigenvalue weighted by molar-refractivity contribution is -0.112. The summed E-state index contributed by atoms with van der Waals surface area (Å²) < 4.78 is 10.3. The molecular formula is C12H21NO4. The molecular weight excluding hydrogens is 222 g/mol. The molecule has 1 aliphatic rings. The second kappa shape index (κ2) is 6.00. The van der Waals surface area contributed by atoms with Gasteiger partial charge in [0.25, 0.3) is 0 Å². The number of nitrogens with one attached hydrogen (secondary N) is 1. The first kappa shape index (κ1) is 14.0. The van der Waals surface area contributed by atoms with E-state index in [1.807, 2.05) is 20.8 Å². The average molecular weight is 243 g/mol. The molecule has 1 aliphatic carbocycles. The fourth-order valence-corrected chi connectivity index (χ4v) is 1.75. The Hall–Kier alpha value is -1.10. The maximum Gasteiger partial charge on any atom is 0.407 e. The molecule has 0 saturated heterocycles. The minimum atomic E-state index is -0.458. The van der Waals surface area contributed by atoms with Crippen molar-refractivity contribution in [2.75, 3.05) is 13.2 Å². The second-order valence-corrected chi connectivity index (χ2v) is 5.38. The fourth-order valence-electron chi connectivity index (χ4n) is 1.75. The van der Waals surface area contributed by atoms with Crippen molar-refractivity contribution in [1.82, 2.24) is 5.32 Å². The van der Waals surface area contributed by atoms with Gasteiger partial charge in [-0.05, 0) is 39.5 Å². The highest BCUT2D eigenvalue weighted by atomic mass is 16.6. The van der Waals surface area contributed by atoms with Crippen LogP contribution >= 0.6 is 0 Å². The molecule has 1 amide bonds. The predicted molar refractivity (Wildman–Crippen MR) is 62.8 cm³/mol. The molecule has 0 atom stereocenters. The van der Waals surface area contributed by atoms with Gasteiger partial charge in [0.15, 0.2) is 0 Å². The number of carbonyl (C=O) groups excluding carboxylic acids is 2. The zero-order valence-corrected chi connectivity index (χ0v) is 10.7. The summed E-state index contributed by atoms with van der Waals surface area (Å²) in [7, 11) is 0. The summed E-state index contributed by atoms with van der Waals surface area (Å²) in [6.07, 6.45) is 2.15. The monoisotopic (exact) mass is 243 g/mol. The number of hydrogen-bond acceptors (Lipinski definition) is 4. The number of ether oxygens (including phenoxy) is 2. The van der Waals surface area contributed by atoms with Crippen LogP contribution in [0, 0.1) is 5.92 Å². The van der Waals surface area contributed by atoms with E-state index in [1.165, 1.54) is 0 Å². The van der Waals surface area contributed by atoms with Crippen LogP contribution in [0.2, 0.25) is 0 Å². The molecule has 5 nitrogen and oxygen atoms in total. The molecule has 0 aliphatic heterocycles. The highest BCUT2D eigenvalue weighted by Gasteiger charge is 2.31. The van der Waals surface area contributed by atoms with Crippen LogP contribution in [0.5, 0.6) is 0 Å². The number of hydrogen-bond donors (Lipinski definition) is 1. The first-order chi connectivity index (χ1) is 7.90. The van der Waals surface area contributed by atoms with Crippen molar-refractivity contribution in [3.8, 4) is 0 Å². The highest BCUT2D eigenvalue weighted by molar-refractivity contribution is 5.68. The molecule has 0 bridgehead atoms. The normalized spacial score (nSPS) is 23.7. The van der Waals surface area contributed by atoms with Gasteiger partial charge in [-0.15, -0.1) is 0 Å². The van der Waals surface area contributed by atoms with E-state index < -0.39 is 5.60 Å². The van der Waals surface area contributed by atoms with Crippen LogP contribution in [0.4, 0.5) is 4.79 Å². The summed E-state index contributed by atoms with van der Waals surface area (Å²) in [6.45, 7) is 6.25. The van der Waals surface area contributed by atoms with Gasteiger partial charge in [0.05, 0.1) is 6.61 Å². The van der Waals surface area contributed by atoms with Crippen molar-refractivity contribution >= 4 is 12.4 Å². The lowest BCUT2D eigenvalue weighted by Gasteiger charge is -2.35. The molecule has 0 aromatic heterocycles. The van der Waals surface area contributed by atoms with Crippen LogP contribution in [-0.2, 0) is 14.3 Å². The quantitative estimate of drug-likeness (QED) is 0.587. The number of alkyl carbamates (subject to hydrolysis) is 1. The van der Waals surface area contributed by atoms with E-state index >= 15 is 0 Å². The Balaban J connectivity index is 2.08. The van der Waals surface area contributed by atoms with Gasteiger partial charge in [0.1, 0.15) is 18.5 Å². The number of carbonyl (C=O) groups is 2. The summed E-state index contributed by atoms with van der Waals surface area (Å²) in [5.41, 5.74) is -0.458. The van der Waals surface area contributed by atoms with Gasteiger partial charge < -0.3 is 19.6 Å². The highest BCUT2D eigenvalue weighted by Crippen LogP contribution is 2.27. The van der Waals surface area contributed by atoms with E-state index in [0.717, 1.165) is 19.1 Å². The summed E-state index contributed by atoms with van der Waals surface area (Å²) in [5, 5.41) is 2.81. The minimum Gasteiger partial charge on any atom is -0.444 e. The Labute approximate surface area is 102 Å². The van der Waals surface area contributed by atoms with E-state index in [1.54, 1.807) is 0 Å². The maximum atomic E-state index is 11.4. The molecule has 1 N–H and O–H groups in total. The third-order valence-electron chi connectivity index (χ3n) is 2.50. The van der Waals surface area contributed by atoms with E-state index in [-0.39, 0.29) is 18.7 Å². The van der Waals surface area contributed by atoms with Gasteiger partial charge in [-0.3, -0.25) is 0 Å². The Morgan fingerprint density at radius 1 is 1.41 bits per heavy atom. The predicted octanol–water partition coefficient (Wildman–Crippen LogP) is 1.51. The molecule has 0 unspecified atom stereocenters. The first-order valence-electron chi connectivity index (χ1n) is 5.91. The standard InChI is InChI=1S/C12H21NO4/c1-12(2,3)17-11(15)13-10-6-9(7-10)8-16-5-4-14/h4,9-10H,5-8H2,1-3H3,(H,13,15). The third kappa shape index (κ3) is 5.68. The largest absolute Gasteiger partial charge is 0.444 e. The topological polar surface area (TPSA) is 64.6 Å². The lowest BCUT2D eigenvalue weighted by Crippen LogP contribution is -2.47. The first-order valence-corrected chi connectivity index (χ1v) is 5.91. The Kier molecular flexibility index (Phi) is 4.93. The van der Waals surface area contributed by atoms with E-state index in [2.05, 4.69) is 5.32 Å². The molecule has 17 heavy (non-hydrogen) atoms. The molecule has 1 rings (SSSR count). The molecule has 0 aromatic carbocycles. The van der Waals surface area contributed by atoms with E-state index in [0.29, 0.717) is 12.5 Å². The molecule has 98 valence electrons. The van der Waals surface area contributed by atoms with Crippen LogP contribution in [0.25, 0.3) is 0 Å². The second-order valence-electron chi connectivity index (χ2n) is 5.38. The maximum absolute atomic E-state index is 11.4. The van der Waals surface area contributed by atoms with Crippen LogP contribution in [0.3, 0.4) is 0 Å². The Morgan fingerprint density at radius 2 is 2.06 bits per heavy atom. The molecule has 5 heteroatoms. The van der Waals surface area contributed by atoms with Gasteiger partial charge in [0.2, 0.25) is 0 Å². The summed E-state index contributed by atoms with van der Waals surface area (Å²) >= 11 is 0. The van der Waals surface area contributed by atoms with Gasteiger partial charge in [0, 0.05) is 6.04 Å². The molecule has 0 radical (unpaired) electrons. The molecule has 0 heterocycles. The van der Waals surface area contributed by atoms with Gasteiger partial charge in [-0.25, -0.2) is 4.79 Å². The van der Waals surface area contributed by atoms with Crippen molar-refractivity contribution in [3.05, 3.63) is 0 Å². The molecule has 1 saturated carbocycles. The van der Waals surface area contributed by atoms with Crippen molar-refractivity contribution < 1.29 is 19.1 Å². The van der Waals surface area contributed by atoms with Gasteiger partial charge in [-0.2, -0.15) is 0 Å². The summed E-state index contributed by atoms with van der Waals surface area (Å²) in [6, 6.07) is 0.176. The lowest BCUT2D eigenvalue weighted by atomic mass is 9.81. The van der Waals surface area contributed by atoms with E-state index in [4.69, 9.17) is 9.47 Å². The molecule has 0 aromatic rings. The fraction of sp³-hybridized carbons (Fsp3) is 0.833. The zero-order valence-electron chi connectivity index (χ0n) is 10.7. The van der Waals surface area contributed by atoms with Crippen molar-refractivity contribution in [1.29, 1.82) is 0 Å². The van der Waals surface area contributed by atoms with Crippen LogP contribution in [0.15, 0.2) is 0 Å². The minimum absolute atomic E-state index is 0.153. The molecule has 0 spiro atoms. The Morgan fingerprint density at radius 3 is 2.59 bits per heavy atom. The van der Waals surface area contributed by atoms with Crippen molar-refractivity contribution in [3.63, 3.8) is 0 Å². The SMILES string of the molecule is CC(C)(C)OC(=O)NC1CC(COCC=O)C1. The van der Waals surface area contributed by atoms with Gasteiger partial charge in [-0.1, -0.05) is 0 Å². The van der Waals surface area contributed by atoms with Crippen molar-refractivity contribution in [2.45, 2.75) is 45.3 Å². The van der Waals surface area contributed by atoms with Gasteiger partial charge >= 0.3 is 6.09 Å². The third-order valence-corrected chi connectivity index (χ3v) is 2.50.